The standard InChI is InChI=1S/C10H12FN3O2/c11-8-4-2-1-3-7(8)5-6-13-9(15)10(16)14-12/h1-4H,5-6,12H2,(H,13,15)(H,14,16). The maximum Gasteiger partial charge on any atom is 0.323 e. The van der Waals surface area contributed by atoms with E-state index in [4.69, 9.17) is 5.84 Å². The summed E-state index contributed by atoms with van der Waals surface area (Å²) in [4.78, 5) is 21.7. The van der Waals surface area contributed by atoms with Gasteiger partial charge in [-0.25, -0.2) is 10.2 Å². The van der Waals surface area contributed by atoms with Crippen LogP contribution in [0.4, 0.5) is 4.39 Å². The summed E-state index contributed by atoms with van der Waals surface area (Å²) in [6.45, 7) is 0.174. The van der Waals surface area contributed by atoms with Crippen LogP contribution in [-0.4, -0.2) is 18.4 Å². The van der Waals surface area contributed by atoms with Gasteiger partial charge in [-0.15, -0.1) is 0 Å². The van der Waals surface area contributed by atoms with Gasteiger partial charge in [-0.05, 0) is 18.1 Å². The molecule has 4 N–H and O–H groups in total. The van der Waals surface area contributed by atoms with Crippen LogP contribution in [0.5, 0.6) is 0 Å². The van der Waals surface area contributed by atoms with Crippen LogP contribution in [0, 0.1) is 5.82 Å². The molecule has 0 saturated carbocycles. The minimum Gasteiger partial charge on any atom is -0.347 e. The maximum atomic E-state index is 13.1. The Balaban J connectivity index is 2.39. The highest BCUT2D eigenvalue weighted by Gasteiger charge is 2.10. The van der Waals surface area contributed by atoms with E-state index in [1.807, 2.05) is 0 Å². The van der Waals surface area contributed by atoms with Gasteiger partial charge in [0.15, 0.2) is 0 Å². The number of rotatable bonds is 3. The summed E-state index contributed by atoms with van der Waals surface area (Å²) >= 11 is 0. The molecule has 0 radical (unpaired) electrons. The molecule has 0 saturated heterocycles. The average Bonchev–Trinajstić information content (AvgIpc) is 2.30. The number of benzene rings is 1. The third-order valence-electron chi connectivity index (χ3n) is 1.98. The van der Waals surface area contributed by atoms with Crippen LogP contribution in [0.1, 0.15) is 5.56 Å². The van der Waals surface area contributed by atoms with Crippen LogP contribution in [0.15, 0.2) is 24.3 Å². The van der Waals surface area contributed by atoms with E-state index in [0.29, 0.717) is 12.0 Å². The smallest absolute Gasteiger partial charge is 0.323 e. The van der Waals surface area contributed by atoms with Crippen molar-refractivity contribution < 1.29 is 14.0 Å². The first-order valence-electron chi connectivity index (χ1n) is 4.67. The van der Waals surface area contributed by atoms with E-state index in [9.17, 15) is 14.0 Å². The second kappa shape index (κ2) is 5.82. The SMILES string of the molecule is NNC(=O)C(=O)NCCc1ccccc1F. The number of nitrogens with two attached hydrogens (primary N) is 1. The van der Waals surface area contributed by atoms with Gasteiger partial charge in [0.25, 0.3) is 0 Å². The average molecular weight is 225 g/mol. The van der Waals surface area contributed by atoms with E-state index < -0.39 is 11.8 Å². The molecule has 0 atom stereocenters. The molecule has 1 rings (SSSR count). The van der Waals surface area contributed by atoms with Gasteiger partial charge in [0.2, 0.25) is 0 Å². The Labute approximate surface area is 91.8 Å². The van der Waals surface area contributed by atoms with Gasteiger partial charge in [0.1, 0.15) is 5.82 Å². The Bertz CT molecular complexity index is 395. The summed E-state index contributed by atoms with van der Waals surface area (Å²) in [7, 11) is 0. The lowest BCUT2D eigenvalue weighted by molar-refractivity contribution is -0.139. The first-order chi connectivity index (χ1) is 7.65. The second-order valence-electron chi connectivity index (χ2n) is 3.07. The molecule has 0 aliphatic rings. The molecule has 5 nitrogen and oxygen atoms in total. The molecular formula is C10H12FN3O2. The first kappa shape index (κ1) is 12.1. The van der Waals surface area contributed by atoms with Crippen molar-refractivity contribution in [1.82, 2.24) is 10.7 Å². The number of hydrazine groups is 1. The largest absolute Gasteiger partial charge is 0.347 e. The van der Waals surface area contributed by atoms with Crippen molar-refractivity contribution in [3.8, 4) is 0 Å². The van der Waals surface area contributed by atoms with E-state index >= 15 is 0 Å². The zero-order valence-electron chi connectivity index (χ0n) is 8.50. The van der Waals surface area contributed by atoms with Gasteiger partial charge >= 0.3 is 11.8 Å². The molecule has 2 amide bonds. The molecule has 16 heavy (non-hydrogen) atoms. The van der Waals surface area contributed by atoms with Crippen LogP contribution in [0.3, 0.4) is 0 Å². The zero-order chi connectivity index (χ0) is 12.0. The van der Waals surface area contributed by atoms with E-state index in [-0.39, 0.29) is 12.4 Å². The molecule has 0 spiro atoms. The van der Waals surface area contributed by atoms with Crippen LogP contribution in [0.25, 0.3) is 0 Å². The highest BCUT2D eigenvalue weighted by atomic mass is 19.1. The quantitative estimate of drug-likeness (QED) is 0.280. The summed E-state index contributed by atoms with van der Waals surface area (Å²) in [5.41, 5.74) is 2.18. The van der Waals surface area contributed by atoms with Gasteiger partial charge in [0, 0.05) is 6.54 Å². The normalized spacial score (nSPS) is 9.62. The molecule has 0 aliphatic carbocycles. The molecule has 1 aromatic rings. The fraction of sp³-hybridized carbons (Fsp3) is 0.200. The summed E-state index contributed by atoms with van der Waals surface area (Å²) < 4.78 is 13.1. The fourth-order valence-electron chi connectivity index (χ4n) is 1.16. The minimum atomic E-state index is -0.923. The Hall–Kier alpha value is -1.95. The highest BCUT2D eigenvalue weighted by molar-refractivity contribution is 6.34. The van der Waals surface area contributed by atoms with E-state index in [1.54, 1.807) is 23.6 Å². The lowest BCUT2D eigenvalue weighted by atomic mass is 10.1. The first-order valence-corrected chi connectivity index (χ1v) is 4.67. The predicted octanol–water partition coefficient (Wildman–Crippen LogP) is -0.526. The van der Waals surface area contributed by atoms with Crippen molar-refractivity contribution >= 4 is 11.8 Å². The van der Waals surface area contributed by atoms with E-state index in [0.717, 1.165) is 0 Å². The predicted molar refractivity (Wildman–Crippen MR) is 55.4 cm³/mol. The van der Waals surface area contributed by atoms with Crippen molar-refractivity contribution in [3.05, 3.63) is 35.6 Å². The Morgan fingerprint density at radius 1 is 1.25 bits per heavy atom. The third-order valence-corrected chi connectivity index (χ3v) is 1.98. The topological polar surface area (TPSA) is 84.2 Å². The van der Waals surface area contributed by atoms with Gasteiger partial charge in [0.05, 0.1) is 0 Å². The van der Waals surface area contributed by atoms with Gasteiger partial charge in [-0.2, -0.15) is 0 Å². The van der Waals surface area contributed by atoms with Crippen molar-refractivity contribution in [2.45, 2.75) is 6.42 Å². The summed E-state index contributed by atoms with van der Waals surface area (Å²) in [6.07, 6.45) is 0.316. The molecule has 0 heterocycles. The monoisotopic (exact) mass is 225 g/mol. The van der Waals surface area contributed by atoms with Gasteiger partial charge < -0.3 is 5.32 Å². The number of hydrogen-bond donors (Lipinski definition) is 3. The molecule has 0 bridgehead atoms. The van der Waals surface area contributed by atoms with Crippen molar-refractivity contribution in [1.29, 1.82) is 0 Å². The third kappa shape index (κ3) is 3.32. The number of halogens is 1. The van der Waals surface area contributed by atoms with Gasteiger partial charge in [-0.3, -0.25) is 15.0 Å². The molecule has 0 fully saturated rings. The van der Waals surface area contributed by atoms with Crippen LogP contribution in [0.2, 0.25) is 0 Å². The summed E-state index contributed by atoms with van der Waals surface area (Å²) in [6, 6.07) is 6.24. The van der Waals surface area contributed by atoms with Crippen molar-refractivity contribution in [3.63, 3.8) is 0 Å². The van der Waals surface area contributed by atoms with E-state index in [1.165, 1.54) is 6.07 Å². The number of nitrogens with one attached hydrogen (secondary N) is 2. The maximum absolute atomic E-state index is 13.1. The van der Waals surface area contributed by atoms with Crippen LogP contribution in [-0.2, 0) is 16.0 Å². The molecule has 0 aromatic heterocycles. The van der Waals surface area contributed by atoms with Crippen molar-refractivity contribution in [2.75, 3.05) is 6.54 Å². The molecule has 0 aliphatic heterocycles. The number of carbonyl (C=O) groups excluding carboxylic acids is 2. The summed E-state index contributed by atoms with van der Waals surface area (Å²) in [5.74, 6) is 2.67. The molecule has 86 valence electrons. The highest BCUT2D eigenvalue weighted by Crippen LogP contribution is 2.05. The second-order valence-corrected chi connectivity index (χ2v) is 3.07. The van der Waals surface area contributed by atoms with Crippen LogP contribution >= 0.6 is 0 Å². The van der Waals surface area contributed by atoms with Gasteiger partial charge in [-0.1, -0.05) is 18.2 Å². The Kier molecular flexibility index (Phi) is 4.41. The molecular weight excluding hydrogens is 213 g/mol. The zero-order valence-corrected chi connectivity index (χ0v) is 8.50. The molecule has 6 heteroatoms. The van der Waals surface area contributed by atoms with Crippen LogP contribution < -0.4 is 16.6 Å². The number of carbonyl (C=O) groups is 2. The Morgan fingerprint density at radius 2 is 1.94 bits per heavy atom. The number of hydrogen-bond acceptors (Lipinski definition) is 3. The Morgan fingerprint density at radius 3 is 2.56 bits per heavy atom. The van der Waals surface area contributed by atoms with Crippen molar-refractivity contribution in [2.24, 2.45) is 5.84 Å². The lowest BCUT2D eigenvalue weighted by Crippen LogP contribution is -2.43. The number of amides is 2. The lowest BCUT2D eigenvalue weighted by Gasteiger charge is -2.04. The molecule has 0 unspecified atom stereocenters. The summed E-state index contributed by atoms with van der Waals surface area (Å²) in [5, 5.41) is 2.31. The fourth-order valence-corrected chi connectivity index (χ4v) is 1.16. The molecule has 1 aromatic carbocycles. The van der Waals surface area contributed by atoms with E-state index in [2.05, 4.69) is 5.32 Å². The minimum absolute atomic E-state index is 0.174.